The van der Waals surface area contributed by atoms with E-state index >= 15 is 0 Å². The zero-order valence-electron chi connectivity index (χ0n) is 9.89. The van der Waals surface area contributed by atoms with Crippen LogP contribution in [0.5, 0.6) is 0 Å². The van der Waals surface area contributed by atoms with Crippen molar-refractivity contribution in [3.05, 3.63) is 18.1 Å². The summed E-state index contributed by atoms with van der Waals surface area (Å²) in [4.78, 5) is 10.6. The molecule has 16 heavy (non-hydrogen) atoms. The lowest BCUT2D eigenvalue weighted by Gasteiger charge is -2.22. The van der Waals surface area contributed by atoms with Crippen molar-refractivity contribution in [2.45, 2.75) is 19.8 Å². The highest BCUT2D eigenvalue weighted by Crippen LogP contribution is 2.11. The van der Waals surface area contributed by atoms with E-state index in [4.69, 9.17) is 11.5 Å². The first-order chi connectivity index (χ1) is 7.81. The molecule has 5 nitrogen and oxygen atoms in total. The molecule has 1 rings (SSSR count). The van der Waals surface area contributed by atoms with Crippen LogP contribution in [0.2, 0.25) is 0 Å². The van der Waals surface area contributed by atoms with Gasteiger partial charge in [0.2, 0.25) is 0 Å². The van der Waals surface area contributed by atoms with Crippen LogP contribution in [0.25, 0.3) is 0 Å². The van der Waals surface area contributed by atoms with Gasteiger partial charge in [0.15, 0.2) is 0 Å². The molecule has 0 aliphatic carbocycles. The molecule has 5 heteroatoms. The van der Waals surface area contributed by atoms with Crippen LogP contribution in [-0.4, -0.2) is 36.1 Å². The third-order valence-corrected chi connectivity index (χ3v) is 2.34. The highest BCUT2D eigenvalue weighted by molar-refractivity contribution is 5.38. The maximum Gasteiger partial charge on any atom is 0.132 e. The minimum Gasteiger partial charge on any atom is -0.354 e. The average molecular weight is 223 g/mol. The lowest BCUT2D eigenvalue weighted by molar-refractivity contribution is 0.762. The van der Waals surface area contributed by atoms with E-state index in [0.29, 0.717) is 13.1 Å². The first-order valence-corrected chi connectivity index (χ1v) is 5.77. The Bertz CT molecular complexity index is 296. The highest BCUT2D eigenvalue weighted by atomic mass is 15.2. The van der Waals surface area contributed by atoms with Gasteiger partial charge in [-0.1, -0.05) is 13.3 Å². The molecule has 0 aromatic carbocycles. The van der Waals surface area contributed by atoms with Crippen molar-refractivity contribution in [1.82, 2.24) is 9.97 Å². The smallest absolute Gasteiger partial charge is 0.132 e. The largest absolute Gasteiger partial charge is 0.354 e. The van der Waals surface area contributed by atoms with Gasteiger partial charge in [-0.15, -0.1) is 0 Å². The van der Waals surface area contributed by atoms with Crippen molar-refractivity contribution in [2.24, 2.45) is 11.5 Å². The summed E-state index contributed by atoms with van der Waals surface area (Å²) in [6.07, 6.45) is 3.68. The molecule has 1 aromatic heterocycles. The highest BCUT2D eigenvalue weighted by Gasteiger charge is 2.06. The van der Waals surface area contributed by atoms with Crippen LogP contribution in [0.4, 0.5) is 5.82 Å². The van der Waals surface area contributed by atoms with Crippen molar-refractivity contribution in [2.75, 3.05) is 31.1 Å². The molecule has 0 unspecified atom stereocenters. The quantitative estimate of drug-likeness (QED) is 0.688. The van der Waals surface area contributed by atoms with Gasteiger partial charge in [0, 0.05) is 37.9 Å². The maximum atomic E-state index is 5.57. The Balaban J connectivity index is 2.77. The van der Waals surface area contributed by atoms with Gasteiger partial charge in [-0.05, 0) is 6.42 Å². The third-order valence-electron chi connectivity index (χ3n) is 2.34. The molecule has 0 saturated heterocycles. The minimum atomic E-state index is 0.604. The molecule has 0 spiro atoms. The Morgan fingerprint density at radius 1 is 1.19 bits per heavy atom. The second kappa shape index (κ2) is 7.14. The summed E-state index contributed by atoms with van der Waals surface area (Å²) in [6, 6.07) is 2.02. The first-order valence-electron chi connectivity index (χ1n) is 5.77. The van der Waals surface area contributed by atoms with Crippen LogP contribution in [0.3, 0.4) is 0 Å². The Hall–Kier alpha value is -1.20. The van der Waals surface area contributed by atoms with Crippen molar-refractivity contribution < 1.29 is 0 Å². The molecule has 0 radical (unpaired) electrons. The molecule has 1 aromatic rings. The van der Waals surface area contributed by atoms with Gasteiger partial charge < -0.3 is 16.4 Å². The Labute approximate surface area is 96.9 Å². The van der Waals surface area contributed by atoms with Crippen LogP contribution in [0.1, 0.15) is 19.0 Å². The van der Waals surface area contributed by atoms with E-state index in [-0.39, 0.29) is 0 Å². The van der Waals surface area contributed by atoms with E-state index in [9.17, 15) is 0 Å². The molecule has 0 amide bonds. The second-order valence-electron chi connectivity index (χ2n) is 3.68. The molecule has 0 atom stereocenters. The van der Waals surface area contributed by atoms with Crippen LogP contribution in [-0.2, 0) is 6.42 Å². The number of hydrogen-bond acceptors (Lipinski definition) is 5. The number of nitrogens with zero attached hydrogens (tertiary/aromatic N) is 3. The summed E-state index contributed by atoms with van der Waals surface area (Å²) in [5, 5.41) is 0. The molecule has 0 aliphatic heterocycles. The topological polar surface area (TPSA) is 81.1 Å². The Kier molecular flexibility index (Phi) is 5.74. The molecule has 0 bridgehead atoms. The monoisotopic (exact) mass is 223 g/mol. The van der Waals surface area contributed by atoms with E-state index < -0.39 is 0 Å². The summed E-state index contributed by atoms with van der Waals surface area (Å²) in [5.74, 6) is 0.925. The standard InChI is InChI=1S/C11H21N5/c1-2-3-10-8-11(15-9-14-10)16(6-4-12)7-5-13/h8-9H,2-7,12-13H2,1H3. The van der Waals surface area contributed by atoms with Crippen LogP contribution >= 0.6 is 0 Å². The van der Waals surface area contributed by atoms with Gasteiger partial charge in [-0.3, -0.25) is 0 Å². The van der Waals surface area contributed by atoms with E-state index in [1.54, 1.807) is 6.33 Å². The van der Waals surface area contributed by atoms with Crippen molar-refractivity contribution in [1.29, 1.82) is 0 Å². The van der Waals surface area contributed by atoms with Gasteiger partial charge in [0.05, 0.1) is 0 Å². The first kappa shape index (κ1) is 12.9. The maximum absolute atomic E-state index is 5.57. The molecule has 0 aliphatic rings. The fourth-order valence-corrected chi connectivity index (χ4v) is 1.60. The lowest BCUT2D eigenvalue weighted by Crippen LogP contribution is -2.34. The Morgan fingerprint density at radius 3 is 2.44 bits per heavy atom. The molecular weight excluding hydrogens is 202 g/mol. The van der Waals surface area contributed by atoms with E-state index in [2.05, 4.69) is 21.8 Å². The number of aryl methyl sites for hydroxylation is 1. The summed E-state index contributed by atoms with van der Waals surface area (Å²) in [7, 11) is 0. The predicted molar refractivity (Wildman–Crippen MR) is 66.3 cm³/mol. The summed E-state index contributed by atoms with van der Waals surface area (Å²) >= 11 is 0. The zero-order valence-corrected chi connectivity index (χ0v) is 9.89. The fraction of sp³-hybridized carbons (Fsp3) is 0.636. The molecule has 1 heterocycles. The third kappa shape index (κ3) is 3.75. The van der Waals surface area contributed by atoms with Crippen LogP contribution in [0.15, 0.2) is 12.4 Å². The van der Waals surface area contributed by atoms with Crippen molar-refractivity contribution >= 4 is 5.82 Å². The van der Waals surface area contributed by atoms with Gasteiger partial charge in [-0.25, -0.2) is 9.97 Å². The van der Waals surface area contributed by atoms with Gasteiger partial charge in [0.1, 0.15) is 12.1 Å². The number of nitrogens with two attached hydrogens (primary N) is 2. The van der Waals surface area contributed by atoms with Crippen molar-refractivity contribution in [3.8, 4) is 0 Å². The van der Waals surface area contributed by atoms with Gasteiger partial charge in [0.25, 0.3) is 0 Å². The predicted octanol–water partition coefficient (Wildman–Crippen LogP) is 0.153. The number of aromatic nitrogens is 2. The van der Waals surface area contributed by atoms with Crippen molar-refractivity contribution in [3.63, 3.8) is 0 Å². The van der Waals surface area contributed by atoms with Gasteiger partial charge >= 0.3 is 0 Å². The molecule has 0 saturated carbocycles. The molecule has 90 valence electrons. The molecule has 0 fully saturated rings. The zero-order chi connectivity index (χ0) is 11.8. The number of anilines is 1. The van der Waals surface area contributed by atoms with Crippen LogP contribution in [0, 0.1) is 0 Å². The second-order valence-corrected chi connectivity index (χ2v) is 3.68. The molecular formula is C11H21N5. The lowest BCUT2D eigenvalue weighted by atomic mass is 10.2. The molecule has 4 N–H and O–H groups in total. The minimum absolute atomic E-state index is 0.604. The van der Waals surface area contributed by atoms with E-state index in [1.165, 1.54) is 0 Å². The van der Waals surface area contributed by atoms with E-state index in [0.717, 1.165) is 37.4 Å². The van der Waals surface area contributed by atoms with Crippen LogP contribution < -0.4 is 16.4 Å². The Morgan fingerprint density at radius 2 is 1.88 bits per heavy atom. The fourth-order valence-electron chi connectivity index (χ4n) is 1.60. The normalized spacial score (nSPS) is 10.4. The average Bonchev–Trinajstić information content (AvgIpc) is 2.30. The number of hydrogen-bond donors (Lipinski definition) is 2. The van der Waals surface area contributed by atoms with E-state index in [1.807, 2.05) is 6.07 Å². The summed E-state index contributed by atoms with van der Waals surface area (Å²) in [5.41, 5.74) is 12.2. The SMILES string of the molecule is CCCc1cc(N(CCN)CCN)ncn1. The summed E-state index contributed by atoms with van der Waals surface area (Å²) in [6.45, 7) is 4.90. The van der Waals surface area contributed by atoms with Gasteiger partial charge in [-0.2, -0.15) is 0 Å². The number of rotatable bonds is 7. The summed E-state index contributed by atoms with van der Waals surface area (Å²) < 4.78 is 0.